The molecule has 6 nitrogen and oxygen atoms in total. The van der Waals surface area contributed by atoms with Gasteiger partial charge in [-0.3, -0.25) is 9.78 Å². The Bertz CT molecular complexity index is 1250. The van der Waals surface area contributed by atoms with E-state index in [0.717, 1.165) is 33.3 Å². The predicted octanol–water partition coefficient (Wildman–Crippen LogP) is 5.18. The van der Waals surface area contributed by atoms with E-state index in [4.69, 9.17) is 4.42 Å². The van der Waals surface area contributed by atoms with Crippen LogP contribution >= 0.6 is 0 Å². The third kappa shape index (κ3) is 3.87. The monoisotopic (exact) mass is 396 g/mol. The fraction of sp³-hybridized carbons (Fsp3) is 0.125. The number of nitrogens with one attached hydrogen (secondary N) is 2. The standard InChI is InChI=1S/C24H20N4O2/c1-15-10-16(2)22-20(11-15)23(18(12-25)14-27-22)26-13-17-5-7-19(8-6-17)28-24(29)21-4-3-9-30-21/h3-11,14H,13H2,1-2H3,(H,26,27)(H,28,29). The Kier molecular flexibility index (Phi) is 5.19. The number of fused-ring (bicyclic) bond motifs is 1. The molecule has 0 radical (unpaired) electrons. The fourth-order valence-corrected chi connectivity index (χ4v) is 3.43. The molecule has 0 saturated heterocycles. The largest absolute Gasteiger partial charge is 0.459 e. The van der Waals surface area contributed by atoms with E-state index >= 15 is 0 Å². The van der Waals surface area contributed by atoms with E-state index in [2.05, 4.69) is 27.8 Å². The third-order valence-corrected chi connectivity index (χ3v) is 4.85. The molecular weight excluding hydrogens is 376 g/mol. The summed E-state index contributed by atoms with van der Waals surface area (Å²) in [5.74, 6) is -0.0292. The summed E-state index contributed by atoms with van der Waals surface area (Å²) >= 11 is 0. The molecule has 0 spiro atoms. The van der Waals surface area contributed by atoms with Crippen LogP contribution in [-0.2, 0) is 6.54 Å². The molecular formula is C24H20N4O2. The number of benzene rings is 2. The van der Waals surface area contributed by atoms with E-state index < -0.39 is 0 Å². The predicted molar refractivity (Wildman–Crippen MR) is 116 cm³/mol. The van der Waals surface area contributed by atoms with Gasteiger partial charge in [-0.05, 0) is 55.3 Å². The Balaban J connectivity index is 1.53. The maximum Gasteiger partial charge on any atom is 0.291 e. The summed E-state index contributed by atoms with van der Waals surface area (Å²) in [5, 5.41) is 16.7. The van der Waals surface area contributed by atoms with Crippen LogP contribution in [-0.4, -0.2) is 10.9 Å². The molecule has 2 aromatic carbocycles. The summed E-state index contributed by atoms with van der Waals surface area (Å²) in [5.41, 5.74) is 6.07. The SMILES string of the molecule is Cc1cc(C)c2ncc(C#N)c(NCc3ccc(NC(=O)c4ccco4)cc3)c2c1. The molecule has 0 unspecified atom stereocenters. The van der Waals surface area contributed by atoms with Crippen LogP contribution in [0.1, 0.15) is 32.8 Å². The number of rotatable bonds is 5. The number of pyridine rings is 1. The number of aromatic nitrogens is 1. The highest BCUT2D eigenvalue weighted by atomic mass is 16.3. The van der Waals surface area contributed by atoms with Gasteiger partial charge in [0.05, 0.1) is 23.0 Å². The number of nitriles is 1. The summed E-state index contributed by atoms with van der Waals surface area (Å²) in [4.78, 5) is 16.5. The molecule has 2 heterocycles. The highest BCUT2D eigenvalue weighted by Gasteiger charge is 2.12. The number of nitrogens with zero attached hydrogens (tertiary/aromatic N) is 2. The summed E-state index contributed by atoms with van der Waals surface area (Å²) in [6.07, 6.45) is 3.07. The van der Waals surface area contributed by atoms with Crippen molar-refractivity contribution >= 4 is 28.2 Å². The Morgan fingerprint density at radius 3 is 2.67 bits per heavy atom. The van der Waals surface area contributed by atoms with Crippen molar-refractivity contribution in [2.75, 3.05) is 10.6 Å². The van der Waals surface area contributed by atoms with E-state index in [1.54, 1.807) is 18.3 Å². The molecule has 1 amide bonds. The second-order valence-electron chi connectivity index (χ2n) is 7.12. The Hall–Kier alpha value is -4.11. The van der Waals surface area contributed by atoms with Crippen LogP contribution in [0.4, 0.5) is 11.4 Å². The summed E-state index contributed by atoms with van der Waals surface area (Å²) < 4.78 is 5.10. The Morgan fingerprint density at radius 2 is 1.97 bits per heavy atom. The number of hydrogen-bond acceptors (Lipinski definition) is 5. The number of carbonyl (C=O) groups excluding carboxylic acids is 1. The molecule has 0 saturated carbocycles. The van der Waals surface area contributed by atoms with Gasteiger partial charge in [0.15, 0.2) is 5.76 Å². The van der Waals surface area contributed by atoms with Gasteiger partial charge in [0.2, 0.25) is 0 Å². The smallest absolute Gasteiger partial charge is 0.291 e. The average Bonchev–Trinajstić information content (AvgIpc) is 3.28. The minimum atomic E-state index is -0.293. The van der Waals surface area contributed by atoms with Crippen LogP contribution < -0.4 is 10.6 Å². The summed E-state index contributed by atoms with van der Waals surface area (Å²) in [7, 11) is 0. The van der Waals surface area contributed by atoms with Gasteiger partial charge in [-0.2, -0.15) is 5.26 Å². The zero-order valence-corrected chi connectivity index (χ0v) is 16.7. The number of aryl methyl sites for hydroxylation is 2. The maximum atomic E-state index is 12.1. The van der Waals surface area contributed by atoms with Gasteiger partial charge < -0.3 is 15.1 Å². The van der Waals surface area contributed by atoms with Crippen molar-refractivity contribution in [3.8, 4) is 6.07 Å². The molecule has 0 aliphatic carbocycles. The molecule has 4 rings (SSSR count). The zero-order valence-electron chi connectivity index (χ0n) is 16.7. The highest BCUT2D eigenvalue weighted by Crippen LogP contribution is 2.29. The van der Waals surface area contributed by atoms with Gasteiger partial charge in [-0.25, -0.2) is 0 Å². The lowest BCUT2D eigenvalue weighted by atomic mass is 10.0. The lowest BCUT2D eigenvalue weighted by Crippen LogP contribution is -2.10. The number of furan rings is 1. The molecule has 0 bridgehead atoms. The molecule has 30 heavy (non-hydrogen) atoms. The average molecular weight is 396 g/mol. The molecule has 148 valence electrons. The van der Waals surface area contributed by atoms with Crippen LogP contribution in [0.5, 0.6) is 0 Å². The van der Waals surface area contributed by atoms with Gasteiger partial charge in [0.25, 0.3) is 5.91 Å². The van der Waals surface area contributed by atoms with Crippen molar-refractivity contribution in [3.63, 3.8) is 0 Å². The number of hydrogen-bond donors (Lipinski definition) is 2. The quantitative estimate of drug-likeness (QED) is 0.485. The second kappa shape index (κ2) is 8.10. The minimum absolute atomic E-state index is 0.264. The molecule has 2 N–H and O–H groups in total. The van der Waals surface area contributed by atoms with Crippen molar-refractivity contribution in [2.45, 2.75) is 20.4 Å². The van der Waals surface area contributed by atoms with Crippen molar-refractivity contribution < 1.29 is 9.21 Å². The number of anilines is 2. The van der Waals surface area contributed by atoms with Crippen LogP contribution in [0.15, 0.2) is 65.4 Å². The summed E-state index contributed by atoms with van der Waals surface area (Å²) in [6, 6.07) is 17.2. The molecule has 2 aromatic heterocycles. The van der Waals surface area contributed by atoms with Gasteiger partial charge in [-0.1, -0.05) is 23.8 Å². The van der Waals surface area contributed by atoms with Crippen LogP contribution in [0, 0.1) is 25.2 Å². The first-order chi connectivity index (χ1) is 14.5. The second-order valence-corrected chi connectivity index (χ2v) is 7.12. The van der Waals surface area contributed by atoms with Gasteiger partial charge in [0.1, 0.15) is 6.07 Å². The van der Waals surface area contributed by atoms with E-state index in [-0.39, 0.29) is 11.7 Å². The van der Waals surface area contributed by atoms with Crippen molar-refractivity contribution in [1.29, 1.82) is 5.26 Å². The number of amides is 1. The van der Waals surface area contributed by atoms with E-state index in [1.807, 2.05) is 44.2 Å². The first kappa shape index (κ1) is 19.2. The van der Waals surface area contributed by atoms with Crippen LogP contribution in [0.2, 0.25) is 0 Å². The highest BCUT2D eigenvalue weighted by molar-refractivity contribution is 6.02. The van der Waals surface area contributed by atoms with Crippen molar-refractivity contribution in [3.05, 3.63) is 89.0 Å². The first-order valence-electron chi connectivity index (χ1n) is 9.53. The van der Waals surface area contributed by atoms with E-state index in [0.29, 0.717) is 17.8 Å². The van der Waals surface area contributed by atoms with Crippen LogP contribution in [0.3, 0.4) is 0 Å². The molecule has 0 aliphatic rings. The molecule has 0 fully saturated rings. The van der Waals surface area contributed by atoms with Crippen molar-refractivity contribution in [2.24, 2.45) is 0 Å². The lowest BCUT2D eigenvalue weighted by molar-refractivity contribution is 0.0996. The first-order valence-corrected chi connectivity index (χ1v) is 9.53. The number of carbonyl (C=O) groups is 1. The molecule has 4 aromatic rings. The van der Waals surface area contributed by atoms with Gasteiger partial charge >= 0.3 is 0 Å². The molecule has 6 heteroatoms. The maximum absolute atomic E-state index is 12.1. The molecule has 0 aliphatic heterocycles. The van der Waals surface area contributed by atoms with E-state index in [1.165, 1.54) is 6.26 Å². The van der Waals surface area contributed by atoms with Gasteiger partial charge in [0, 0.05) is 23.8 Å². The normalized spacial score (nSPS) is 10.6. The third-order valence-electron chi connectivity index (χ3n) is 4.85. The Morgan fingerprint density at radius 1 is 1.17 bits per heavy atom. The van der Waals surface area contributed by atoms with E-state index in [9.17, 15) is 10.1 Å². The van der Waals surface area contributed by atoms with Crippen molar-refractivity contribution in [1.82, 2.24) is 4.98 Å². The Labute approximate surface area is 174 Å². The van der Waals surface area contributed by atoms with Gasteiger partial charge in [-0.15, -0.1) is 0 Å². The lowest BCUT2D eigenvalue weighted by Gasteiger charge is -2.14. The van der Waals surface area contributed by atoms with Crippen LogP contribution in [0.25, 0.3) is 10.9 Å². The zero-order chi connectivity index (χ0) is 21.1. The molecule has 0 atom stereocenters. The topological polar surface area (TPSA) is 91.0 Å². The summed E-state index contributed by atoms with van der Waals surface area (Å²) in [6.45, 7) is 4.59. The minimum Gasteiger partial charge on any atom is -0.459 e. The fourth-order valence-electron chi connectivity index (χ4n) is 3.43.